The second kappa shape index (κ2) is 7.47. The Morgan fingerprint density at radius 1 is 1.58 bits per heavy atom. The summed E-state index contributed by atoms with van der Waals surface area (Å²) in [5.74, 6) is 0.924. The summed E-state index contributed by atoms with van der Waals surface area (Å²) in [5.41, 5.74) is 0. The molecule has 1 unspecified atom stereocenters. The number of rotatable bonds is 6. The molecule has 0 saturated carbocycles. The van der Waals surface area contributed by atoms with Gasteiger partial charge in [-0.25, -0.2) is 0 Å². The molecule has 0 N–H and O–H groups in total. The van der Waals surface area contributed by atoms with Crippen molar-refractivity contribution in [3.63, 3.8) is 0 Å². The number of thiol groups is 1. The highest BCUT2D eigenvalue weighted by Gasteiger charge is 2.05. The van der Waals surface area contributed by atoms with Crippen LogP contribution in [-0.4, -0.2) is 18.3 Å². The van der Waals surface area contributed by atoms with Gasteiger partial charge in [-0.2, -0.15) is 12.6 Å². The van der Waals surface area contributed by atoms with E-state index < -0.39 is 0 Å². The molecule has 1 atom stereocenters. The lowest BCUT2D eigenvalue weighted by Gasteiger charge is -2.09. The second-order valence-corrected chi connectivity index (χ2v) is 3.50. The smallest absolute Gasteiger partial charge is 0.306 e. The molecular weight excluding hydrogens is 172 g/mol. The summed E-state index contributed by atoms with van der Waals surface area (Å²) in [6, 6.07) is 0. The largest absolute Gasteiger partial charge is 0.465 e. The molecule has 2 nitrogen and oxygen atoms in total. The molecule has 0 rings (SSSR count). The van der Waals surface area contributed by atoms with Crippen molar-refractivity contribution >= 4 is 18.6 Å². The normalized spacial score (nSPS) is 12.6. The van der Waals surface area contributed by atoms with Gasteiger partial charge in [0, 0.05) is 5.75 Å². The van der Waals surface area contributed by atoms with Gasteiger partial charge in [-0.1, -0.05) is 20.3 Å². The molecule has 0 aliphatic heterocycles. The fourth-order valence-electron chi connectivity index (χ4n) is 0.975. The molecule has 0 fully saturated rings. The fourth-order valence-corrected chi connectivity index (χ4v) is 1.16. The average molecular weight is 190 g/mol. The Balaban J connectivity index is 3.33. The Hall–Kier alpha value is -0.180. The molecule has 0 amide bonds. The summed E-state index contributed by atoms with van der Waals surface area (Å²) in [7, 11) is 0. The third-order valence-electron chi connectivity index (χ3n) is 1.63. The molecule has 72 valence electrons. The SMILES string of the molecule is CCCC(C)COC(=O)CCS. The number of carbonyl (C=O) groups excluding carboxylic acids is 1. The summed E-state index contributed by atoms with van der Waals surface area (Å²) in [6.45, 7) is 4.78. The zero-order chi connectivity index (χ0) is 9.40. The van der Waals surface area contributed by atoms with Crippen LogP contribution in [-0.2, 0) is 9.53 Å². The summed E-state index contributed by atoms with van der Waals surface area (Å²) in [6.07, 6.45) is 2.68. The van der Waals surface area contributed by atoms with E-state index in [0.717, 1.165) is 12.8 Å². The lowest BCUT2D eigenvalue weighted by Crippen LogP contribution is -2.11. The molecule has 0 heterocycles. The quantitative estimate of drug-likeness (QED) is 0.514. The molecule has 0 radical (unpaired) electrons. The zero-order valence-corrected chi connectivity index (χ0v) is 8.77. The van der Waals surface area contributed by atoms with Crippen molar-refractivity contribution in [2.75, 3.05) is 12.4 Å². The molecule has 0 aliphatic rings. The molecule has 3 heteroatoms. The minimum Gasteiger partial charge on any atom is -0.465 e. The minimum atomic E-state index is -0.132. The van der Waals surface area contributed by atoms with Crippen molar-refractivity contribution < 1.29 is 9.53 Å². The van der Waals surface area contributed by atoms with E-state index >= 15 is 0 Å². The minimum absolute atomic E-state index is 0.132. The van der Waals surface area contributed by atoms with Gasteiger partial charge in [-0.15, -0.1) is 0 Å². The van der Waals surface area contributed by atoms with E-state index in [4.69, 9.17) is 4.74 Å². The highest BCUT2D eigenvalue weighted by Crippen LogP contribution is 2.05. The van der Waals surface area contributed by atoms with Gasteiger partial charge in [0.25, 0.3) is 0 Å². The monoisotopic (exact) mass is 190 g/mol. The van der Waals surface area contributed by atoms with E-state index in [1.807, 2.05) is 0 Å². The highest BCUT2D eigenvalue weighted by atomic mass is 32.1. The van der Waals surface area contributed by atoms with Crippen molar-refractivity contribution in [2.45, 2.75) is 33.1 Å². The van der Waals surface area contributed by atoms with E-state index in [9.17, 15) is 4.79 Å². The number of ether oxygens (including phenoxy) is 1. The van der Waals surface area contributed by atoms with Gasteiger partial charge in [0.05, 0.1) is 13.0 Å². The van der Waals surface area contributed by atoms with Crippen molar-refractivity contribution in [2.24, 2.45) is 5.92 Å². The number of hydrogen-bond acceptors (Lipinski definition) is 3. The Labute approximate surface area is 80.1 Å². The molecule has 0 aromatic rings. The van der Waals surface area contributed by atoms with Crippen LogP contribution in [0.2, 0.25) is 0 Å². The highest BCUT2D eigenvalue weighted by molar-refractivity contribution is 7.80. The third-order valence-corrected chi connectivity index (χ3v) is 1.85. The van der Waals surface area contributed by atoms with E-state index in [-0.39, 0.29) is 5.97 Å². The molecule has 0 bridgehead atoms. The first kappa shape index (κ1) is 11.8. The molecule has 0 aliphatic carbocycles. The lowest BCUT2D eigenvalue weighted by molar-refractivity contribution is -0.144. The molecule has 0 aromatic heterocycles. The standard InChI is InChI=1S/C9H18O2S/c1-3-4-8(2)7-11-9(10)5-6-12/h8,12H,3-7H2,1-2H3. The Bertz CT molecular complexity index is 126. The third kappa shape index (κ3) is 6.53. The summed E-state index contributed by atoms with van der Waals surface area (Å²) in [4.78, 5) is 10.9. The predicted molar refractivity (Wildman–Crippen MR) is 53.5 cm³/mol. The molecule has 0 aromatic carbocycles. The predicted octanol–water partition coefficient (Wildman–Crippen LogP) is 2.29. The van der Waals surface area contributed by atoms with Crippen LogP contribution in [0.3, 0.4) is 0 Å². The van der Waals surface area contributed by atoms with Crippen molar-refractivity contribution in [1.82, 2.24) is 0 Å². The number of esters is 1. The van der Waals surface area contributed by atoms with Crippen molar-refractivity contribution in [3.05, 3.63) is 0 Å². The van der Waals surface area contributed by atoms with Crippen LogP contribution in [0.4, 0.5) is 0 Å². The molecule has 12 heavy (non-hydrogen) atoms. The van der Waals surface area contributed by atoms with Crippen LogP contribution in [0.15, 0.2) is 0 Å². The van der Waals surface area contributed by atoms with Gasteiger partial charge in [-0.3, -0.25) is 4.79 Å². The van der Waals surface area contributed by atoms with Gasteiger partial charge < -0.3 is 4.74 Å². The van der Waals surface area contributed by atoms with Crippen LogP contribution >= 0.6 is 12.6 Å². The van der Waals surface area contributed by atoms with Gasteiger partial charge in [0.1, 0.15) is 0 Å². The van der Waals surface area contributed by atoms with Crippen molar-refractivity contribution in [1.29, 1.82) is 0 Å². The van der Waals surface area contributed by atoms with E-state index in [1.54, 1.807) is 0 Å². The van der Waals surface area contributed by atoms with E-state index in [1.165, 1.54) is 0 Å². The summed E-state index contributed by atoms with van der Waals surface area (Å²) in [5, 5.41) is 0. The van der Waals surface area contributed by atoms with Crippen LogP contribution in [0.5, 0.6) is 0 Å². The van der Waals surface area contributed by atoms with E-state index in [2.05, 4.69) is 26.5 Å². The van der Waals surface area contributed by atoms with Crippen LogP contribution < -0.4 is 0 Å². The maximum atomic E-state index is 10.9. The fraction of sp³-hybridized carbons (Fsp3) is 0.889. The van der Waals surface area contributed by atoms with E-state index in [0.29, 0.717) is 24.7 Å². The van der Waals surface area contributed by atoms with Gasteiger partial charge in [0.2, 0.25) is 0 Å². The van der Waals surface area contributed by atoms with Gasteiger partial charge >= 0.3 is 5.97 Å². The number of carbonyl (C=O) groups is 1. The topological polar surface area (TPSA) is 26.3 Å². The second-order valence-electron chi connectivity index (χ2n) is 3.05. The molecule has 0 saturated heterocycles. The first-order chi connectivity index (χ1) is 5.70. The molecule has 0 spiro atoms. The first-order valence-corrected chi connectivity index (χ1v) is 5.10. The van der Waals surface area contributed by atoms with Gasteiger partial charge in [0.15, 0.2) is 0 Å². The summed E-state index contributed by atoms with van der Waals surface area (Å²) >= 11 is 3.95. The number of hydrogen-bond donors (Lipinski definition) is 1. The average Bonchev–Trinajstić information content (AvgIpc) is 2.02. The van der Waals surface area contributed by atoms with Crippen molar-refractivity contribution in [3.8, 4) is 0 Å². The zero-order valence-electron chi connectivity index (χ0n) is 7.88. The Morgan fingerprint density at radius 2 is 2.25 bits per heavy atom. The van der Waals surface area contributed by atoms with Gasteiger partial charge in [-0.05, 0) is 12.3 Å². The lowest BCUT2D eigenvalue weighted by atomic mass is 10.1. The van der Waals surface area contributed by atoms with Crippen LogP contribution in [0.25, 0.3) is 0 Å². The Kier molecular flexibility index (Phi) is 7.36. The maximum Gasteiger partial charge on any atom is 0.306 e. The van der Waals surface area contributed by atoms with Crippen LogP contribution in [0.1, 0.15) is 33.1 Å². The van der Waals surface area contributed by atoms with Crippen LogP contribution in [0, 0.1) is 5.92 Å². The molecular formula is C9H18O2S. The Morgan fingerprint density at radius 3 is 2.75 bits per heavy atom. The maximum absolute atomic E-state index is 10.9. The summed E-state index contributed by atoms with van der Waals surface area (Å²) < 4.78 is 5.01. The first-order valence-electron chi connectivity index (χ1n) is 4.47.